The van der Waals surface area contributed by atoms with E-state index in [1.165, 1.54) is 0 Å². The van der Waals surface area contributed by atoms with Crippen molar-refractivity contribution in [3.8, 4) is 5.75 Å². The number of carbonyl (C=O) groups is 3. The van der Waals surface area contributed by atoms with Gasteiger partial charge >= 0.3 is 0 Å². The largest absolute Gasteiger partial charge is 0.494 e. The zero-order valence-electron chi connectivity index (χ0n) is 25.7. The summed E-state index contributed by atoms with van der Waals surface area (Å²) in [5.41, 5.74) is 4.17. The number of ketones is 1. The van der Waals surface area contributed by atoms with Crippen molar-refractivity contribution < 1.29 is 23.9 Å². The smallest absolute Gasteiger partial charge is 0.290 e. The molecule has 0 bridgehead atoms. The molecule has 1 aliphatic rings. The predicted molar refractivity (Wildman–Crippen MR) is 168 cm³/mol. The topological polar surface area (TPSA) is 88.2 Å². The van der Waals surface area contributed by atoms with Gasteiger partial charge in [-0.15, -0.1) is 0 Å². The Morgan fingerprint density at radius 1 is 0.953 bits per heavy atom. The molecule has 1 heterocycles. The van der Waals surface area contributed by atoms with E-state index in [0.717, 1.165) is 29.5 Å². The van der Waals surface area contributed by atoms with Crippen LogP contribution in [-0.2, 0) is 20.7 Å². The lowest BCUT2D eigenvalue weighted by molar-refractivity contribution is -0.131. The van der Waals surface area contributed by atoms with Gasteiger partial charge in [0, 0.05) is 24.3 Å². The van der Waals surface area contributed by atoms with E-state index in [1.807, 2.05) is 93.5 Å². The van der Waals surface area contributed by atoms with E-state index in [-0.39, 0.29) is 17.1 Å². The molecular formula is C35H41N3O5. The van der Waals surface area contributed by atoms with E-state index in [0.29, 0.717) is 36.7 Å². The number of nitrogens with one attached hydrogen (secondary N) is 1. The van der Waals surface area contributed by atoms with Gasteiger partial charge < -0.3 is 24.6 Å². The molecule has 0 radical (unpaired) electrons. The molecule has 43 heavy (non-hydrogen) atoms. The maximum Gasteiger partial charge on any atom is 0.290 e. The lowest BCUT2D eigenvalue weighted by atomic mass is 9.92. The van der Waals surface area contributed by atoms with Crippen LogP contribution in [0.1, 0.15) is 53.4 Å². The monoisotopic (exact) mass is 583 g/mol. The van der Waals surface area contributed by atoms with Crippen molar-refractivity contribution >= 4 is 23.3 Å². The number of amides is 2. The number of aryl methyl sites for hydroxylation is 2. The van der Waals surface area contributed by atoms with Crippen molar-refractivity contribution in [2.24, 2.45) is 0 Å². The summed E-state index contributed by atoms with van der Waals surface area (Å²) in [4.78, 5) is 44.7. The number of ether oxygens (including phenoxy) is 2. The molecule has 1 aliphatic heterocycles. The van der Waals surface area contributed by atoms with Gasteiger partial charge in [0.25, 0.3) is 11.8 Å². The Bertz CT molecular complexity index is 1460. The van der Waals surface area contributed by atoms with Crippen molar-refractivity contribution in [1.29, 1.82) is 0 Å². The first-order valence-electron chi connectivity index (χ1n) is 14.8. The van der Waals surface area contributed by atoms with E-state index in [2.05, 4.69) is 12.2 Å². The Morgan fingerprint density at radius 2 is 1.67 bits per heavy atom. The van der Waals surface area contributed by atoms with Crippen LogP contribution in [0.4, 0.5) is 5.69 Å². The third kappa shape index (κ3) is 7.90. The normalized spacial score (nSPS) is 14.8. The SMILES string of the molecule is CCCOc1cccc(C2C(C(=O)c3ccc(C)cc3)=C(OCC(=O)Nc3ccc(CC)cc3)C(=O)N2CCN(C)C)c1. The summed E-state index contributed by atoms with van der Waals surface area (Å²) in [6.07, 6.45) is 1.74. The highest BCUT2D eigenvalue weighted by Crippen LogP contribution is 2.41. The Kier molecular flexibility index (Phi) is 10.7. The van der Waals surface area contributed by atoms with Crippen LogP contribution in [0, 0.1) is 6.92 Å². The van der Waals surface area contributed by atoms with E-state index in [9.17, 15) is 14.4 Å². The van der Waals surface area contributed by atoms with E-state index >= 15 is 0 Å². The van der Waals surface area contributed by atoms with Crippen LogP contribution in [0.2, 0.25) is 0 Å². The molecule has 8 heteroatoms. The van der Waals surface area contributed by atoms with Crippen molar-refractivity contribution in [1.82, 2.24) is 9.80 Å². The molecule has 2 amide bonds. The van der Waals surface area contributed by atoms with Crippen molar-refractivity contribution in [2.45, 2.75) is 39.7 Å². The van der Waals surface area contributed by atoms with Gasteiger partial charge in [-0.1, -0.05) is 67.9 Å². The maximum atomic E-state index is 14.2. The molecule has 8 nitrogen and oxygen atoms in total. The molecule has 0 aromatic heterocycles. The summed E-state index contributed by atoms with van der Waals surface area (Å²) < 4.78 is 11.9. The molecule has 0 aliphatic carbocycles. The second-order valence-corrected chi connectivity index (χ2v) is 11.0. The number of benzene rings is 3. The molecule has 0 fully saturated rings. The minimum absolute atomic E-state index is 0.106. The van der Waals surface area contributed by atoms with Crippen molar-refractivity contribution in [3.63, 3.8) is 0 Å². The molecular weight excluding hydrogens is 542 g/mol. The molecule has 0 saturated heterocycles. The average Bonchev–Trinajstić information content (AvgIpc) is 3.29. The van der Waals surface area contributed by atoms with Crippen LogP contribution >= 0.6 is 0 Å². The first kappa shape index (κ1) is 31.5. The van der Waals surface area contributed by atoms with Gasteiger partial charge in [0.1, 0.15) is 5.75 Å². The second-order valence-electron chi connectivity index (χ2n) is 11.0. The fraction of sp³-hybridized carbons (Fsp3) is 0.343. The van der Waals surface area contributed by atoms with E-state index < -0.39 is 24.5 Å². The summed E-state index contributed by atoms with van der Waals surface area (Å²) in [6, 6.07) is 21.5. The molecule has 4 rings (SSSR count). The number of rotatable bonds is 14. The number of nitrogens with zero attached hydrogens (tertiary/aromatic N) is 2. The Labute approximate surface area is 254 Å². The molecule has 0 spiro atoms. The second kappa shape index (κ2) is 14.6. The lowest BCUT2D eigenvalue weighted by Gasteiger charge is -2.28. The maximum absolute atomic E-state index is 14.2. The average molecular weight is 584 g/mol. The molecule has 226 valence electrons. The highest BCUT2D eigenvalue weighted by Gasteiger charge is 2.45. The van der Waals surface area contributed by atoms with Crippen LogP contribution in [0.3, 0.4) is 0 Å². The molecule has 1 N–H and O–H groups in total. The van der Waals surface area contributed by atoms with E-state index in [4.69, 9.17) is 9.47 Å². The summed E-state index contributed by atoms with van der Waals surface area (Å²) in [7, 11) is 3.85. The number of anilines is 1. The van der Waals surface area contributed by atoms with Gasteiger partial charge in [0.2, 0.25) is 0 Å². The fourth-order valence-corrected chi connectivity index (χ4v) is 4.91. The van der Waals surface area contributed by atoms with Crippen LogP contribution in [-0.4, -0.2) is 67.8 Å². The summed E-state index contributed by atoms with van der Waals surface area (Å²) in [5.74, 6) is -0.626. The van der Waals surface area contributed by atoms with Crippen LogP contribution in [0.5, 0.6) is 5.75 Å². The molecule has 0 saturated carbocycles. The molecule has 1 unspecified atom stereocenters. The first-order valence-corrected chi connectivity index (χ1v) is 14.8. The van der Waals surface area contributed by atoms with E-state index in [1.54, 1.807) is 17.0 Å². The van der Waals surface area contributed by atoms with Crippen molar-refractivity contribution in [3.05, 3.63) is 106 Å². The van der Waals surface area contributed by atoms with Crippen LogP contribution in [0.15, 0.2) is 84.1 Å². The number of hydrogen-bond donors (Lipinski definition) is 1. The van der Waals surface area contributed by atoms with Gasteiger partial charge in [-0.25, -0.2) is 0 Å². The number of likely N-dealkylation sites (N-methyl/N-ethyl adjacent to an activating group) is 1. The predicted octanol–water partition coefficient (Wildman–Crippen LogP) is 5.58. The highest BCUT2D eigenvalue weighted by atomic mass is 16.5. The summed E-state index contributed by atoms with van der Waals surface area (Å²) >= 11 is 0. The molecule has 3 aromatic rings. The van der Waals surface area contributed by atoms with Gasteiger partial charge in [-0.3, -0.25) is 14.4 Å². The summed E-state index contributed by atoms with van der Waals surface area (Å²) in [6.45, 7) is 7.09. The quantitative estimate of drug-likeness (QED) is 0.249. The lowest BCUT2D eigenvalue weighted by Crippen LogP contribution is -2.37. The Balaban J connectivity index is 1.73. The zero-order valence-corrected chi connectivity index (χ0v) is 25.7. The third-order valence-electron chi connectivity index (χ3n) is 7.27. The van der Waals surface area contributed by atoms with Gasteiger partial charge in [0.15, 0.2) is 18.1 Å². The van der Waals surface area contributed by atoms with Crippen molar-refractivity contribution in [2.75, 3.05) is 45.7 Å². The standard InChI is InChI=1S/C35H41N3O5/c1-6-21-42-29-10-8-9-27(22-29)32-31(33(40)26-15-11-24(3)12-16-26)34(35(41)38(32)20-19-37(4)5)43-23-30(39)36-28-17-13-25(7-2)14-18-28/h8-18,22,32H,6-7,19-21,23H2,1-5H3,(H,36,39). The zero-order chi connectivity index (χ0) is 30.9. The van der Waals surface area contributed by atoms with Crippen LogP contribution < -0.4 is 10.1 Å². The highest BCUT2D eigenvalue weighted by molar-refractivity contribution is 6.16. The van der Waals surface area contributed by atoms with Crippen LogP contribution in [0.25, 0.3) is 0 Å². The minimum Gasteiger partial charge on any atom is -0.494 e. The van der Waals surface area contributed by atoms with Gasteiger partial charge in [-0.05, 0) is 69.3 Å². The fourth-order valence-electron chi connectivity index (χ4n) is 4.91. The Hall–Kier alpha value is -4.43. The number of hydrogen-bond acceptors (Lipinski definition) is 6. The Morgan fingerprint density at radius 3 is 2.33 bits per heavy atom. The van der Waals surface area contributed by atoms with Gasteiger partial charge in [-0.2, -0.15) is 0 Å². The van der Waals surface area contributed by atoms with Gasteiger partial charge in [0.05, 0.1) is 18.2 Å². The third-order valence-corrected chi connectivity index (χ3v) is 7.27. The minimum atomic E-state index is -0.717. The molecule has 3 aromatic carbocycles. The molecule has 1 atom stereocenters. The first-order chi connectivity index (χ1) is 20.7. The number of carbonyl (C=O) groups excluding carboxylic acids is 3. The number of Topliss-reactive ketones (excluding diaryl/α,β-unsaturated/α-hetero) is 1. The summed E-state index contributed by atoms with van der Waals surface area (Å²) in [5, 5.41) is 2.82.